The number of ether oxygens (including phenoxy) is 1. The van der Waals surface area contributed by atoms with E-state index in [1.54, 1.807) is 26.1 Å². The minimum absolute atomic E-state index is 0.0229. The molecule has 1 heterocycles. The number of rotatable bonds is 15. The van der Waals surface area contributed by atoms with E-state index in [-0.39, 0.29) is 50.8 Å². The zero-order valence-corrected chi connectivity index (χ0v) is 24.6. The highest BCUT2D eigenvalue weighted by Gasteiger charge is 2.26. The zero-order chi connectivity index (χ0) is 30.5. The third-order valence-corrected chi connectivity index (χ3v) is 7.75. The second kappa shape index (κ2) is 16.1. The number of halogens is 2. The van der Waals surface area contributed by atoms with Crippen LogP contribution in [-0.4, -0.2) is 61.5 Å². The van der Waals surface area contributed by atoms with Crippen LogP contribution in [-0.2, 0) is 29.4 Å². The summed E-state index contributed by atoms with van der Waals surface area (Å²) in [6, 6.07) is 11.6. The number of nitrogens with zero attached hydrogens (tertiary/aromatic N) is 2. The maximum Gasteiger partial charge on any atom is 0.474 e. The van der Waals surface area contributed by atoms with Crippen LogP contribution in [0.1, 0.15) is 32.3 Å². The molecule has 1 atom stereocenters. The molecule has 2 N–H and O–H groups in total. The molecule has 0 radical (unpaired) electrons. The minimum atomic E-state index is -3.72. The van der Waals surface area contributed by atoms with Crippen molar-refractivity contribution in [3.05, 3.63) is 71.9 Å². The molecule has 0 unspecified atom stereocenters. The van der Waals surface area contributed by atoms with Crippen LogP contribution in [0, 0.1) is 11.6 Å². The van der Waals surface area contributed by atoms with Crippen molar-refractivity contribution in [1.29, 1.82) is 0 Å². The Morgan fingerprint density at radius 2 is 1.74 bits per heavy atom. The third kappa shape index (κ3) is 9.73. The van der Waals surface area contributed by atoms with E-state index in [4.69, 9.17) is 18.3 Å². The van der Waals surface area contributed by atoms with Crippen molar-refractivity contribution in [2.75, 3.05) is 38.8 Å². The van der Waals surface area contributed by atoms with Crippen molar-refractivity contribution in [3.8, 4) is 0 Å². The summed E-state index contributed by atoms with van der Waals surface area (Å²) in [5.41, 5.74) is -0.0252. The number of nitrogens with one attached hydrogen (secondary N) is 2. The van der Waals surface area contributed by atoms with Crippen LogP contribution in [0.3, 0.4) is 0 Å². The molecule has 3 rings (SSSR count). The van der Waals surface area contributed by atoms with Crippen molar-refractivity contribution in [2.45, 2.75) is 39.3 Å². The molecule has 2 aromatic carbocycles. The van der Waals surface area contributed by atoms with E-state index in [1.807, 2.05) is 24.3 Å². The fourth-order valence-corrected chi connectivity index (χ4v) is 5.13. The first-order chi connectivity index (χ1) is 20.2. The second-order valence-corrected chi connectivity index (χ2v) is 10.7. The lowest BCUT2D eigenvalue weighted by molar-refractivity contribution is 0.102. The summed E-state index contributed by atoms with van der Waals surface area (Å²) in [6.45, 7) is 3.07. The molecule has 1 aromatic heterocycles. The zero-order valence-electron chi connectivity index (χ0n) is 23.7. The normalized spacial score (nSPS) is 12.1. The molecule has 228 valence electrons. The summed E-state index contributed by atoms with van der Waals surface area (Å²) < 4.78 is 61.1. The molecule has 3 aromatic rings. The van der Waals surface area contributed by atoms with Gasteiger partial charge >= 0.3 is 19.9 Å². The molecule has 0 aliphatic heterocycles. The highest BCUT2D eigenvalue weighted by molar-refractivity contribution is 7.48. The van der Waals surface area contributed by atoms with Crippen LogP contribution in [0.4, 0.5) is 24.2 Å². The number of carbonyl (C=O) groups is 2. The number of amides is 3. The second-order valence-electron chi connectivity index (χ2n) is 9.03. The van der Waals surface area contributed by atoms with Crippen molar-refractivity contribution < 1.29 is 41.2 Å². The summed E-state index contributed by atoms with van der Waals surface area (Å²) >= 11 is 0. The Balaban J connectivity index is 1.62. The number of phosphoric acid groups is 1. The van der Waals surface area contributed by atoms with Crippen molar-refractivity contribution >= 4 is 36.5 Å². The van der Waals surface area contributed by atoms with Gasteiger partial charge in [-0.05, 0) is 44.2 Å². The van der Waals surface area contributed by atoms with E-state index in [0.717, 1.165) is 16.8 Å². The first-order valence-corrected chi connectivity index (χ1v) is 14.9. The van der Waals surface area contributed by atoms with E-state index in [9.17, 15) is 22.9 Å². The summed E-state index contributed by atoms with van der Waals surface area (Å²) in [5, 5.41) is 6.89. The molecule has 0 spiro atoms. The van der Waals surface area contributed by atoms with Crippen LogP contribution in [0.2, 0.25) is 0 Å². The SMILES string of the molecule is CCOP(=O)(OCC)OCCC[C@H](COC(=O)Nc1cc2ccccc2cn1)N(C)C(=O)NCc1cccc(F)c1F. The number of phosphoric ester groups is 1. The van der Waals surface area contributed by atoms with Crippen LogP contribution >= 0.6 is 7.82 Å². The number of hydrogen-bond acceptors (Lipinski definition) is 8. The quantitative estimate of drug-likeness (QED) is 0.153. The molecule has 0 saturated carbocycles. The average Bonchev–Trinajstić information content (AvgIpc) is 2.97. The molecule has 14 heteroatoms. The van der Waals surface area contributed by atoms with Gasteiger partial charge in [0.25, 0.3) is 0 Å². The monoisotopic (exact) mass is 608 g/mol. The summed E-state index contributed by atoms with van der Waals surface area (Å²) in [4.78, 5) is 30.9. The van der Waals surface area contributed by atoms with Gasteiger partial charge in [-0.3, -0.25) is 18.9 Å². The van der Waals surface area contributed by atoms with Crippen molar-refractivity contribution in [3.63, 3.8) is 0 Å². The van der Waals surface area contributed by atoms with E-state index in [0.29, 0.717) is 6.42 Å². The number of anilines is 1. The van der Waals surface area contributed by atoms with Gasteiger partial charge in [0.2, 0.25) is 0 Å². The molecule has 0 bridgehead atoms. The van der Waals surface area contributed by atoms with Gasteiger partial charge in [0.05, 0.1) is 25.9 Å². The van der Waals surface area contributed by atoms with Gasteiger partial charge in [0.15, 0.2) is 11.6 Å². The number of benzene rings is 2. The standard InChI is InChI=1S/C28H35F2N4O7P/c1-4-39-42(37,40-5-2)41-15-9-13-23(34(3)27(35)32-18-22-12-8-14-24(29)26(22)30)19-38-28(36)33-25-16-20-10-6-7-11-21(20)17-31-25/h6-8,10-12,14,16-17,23H,4-5,9,13,15,18-19H2,1-3H3,(H,32,35)(H,31,33,36)/t23-/m1/s1. The van der Waals surface area contributed by atoms with Gasteiger partial charge in [-0.2, -0.15) is 0 Å². The van der Waals surface area contributed by atoms with Gasteiger partial charge in [0, 0.05) is 30.7 Å². The predicted molar refractivity (Wildman–Crippen MR) is 153 cm³/mol. The van der Waals surface area contributed by atoms with Gasteiger partial charge in [-0.1, -0.05) is 36.4 Å². The topological polar surface area (TPSA) is 128 Å². The van der Waals surface area contributed by atoms with Crippen LogP contribution in [0.15, 0.2) is 54.7 Å². The highest BCUT2D eigenvalue weighted by atomic mass is 31.2. The number of fused-ring (bicyclic) bond motifs is 1. The molecule has 42 heavy (non-hydrogen) atoms. The number of pyridine rings is 1. The van der Waals surface area contributed by atoms with E-state index < -0.39 is 37.6 Å². The van der Waals surface area contributed by atoms with E-state index in [2.05, 4.69) is 15.6 Å². The number of aromatic nitrogens is 1. The molecule has 3 amide bonds. The van der Waals surface area contributed by atoms with Crippen molar-refractivity contribution in [2.24, 2.45) is 0 Å². The van der Waals surface area contributed by atoms with Crippen LogP contribution < -0.4 is 10.6 Å². The summed E-state index contributed by atoms with van der Waals surface area (Å²) in [5.74, 6) is -1.79. The summed E-state index contributed by atoms with van der Waals surface area (Å²) in [7, 11) is -2.25. The van der Waals surface area contributed by atoms with E-state index in [1.165, 1.54) is 24.1 Å². The molecule has 0 fully saturated rings. The number of carbonyl (C=O) groups excluding carboxylic acids is 2. The van der Waals surface area contributed by atoms with Gasteiger partial charge in [-0.15, -0.1) is 0 Å². The lowest BCUT2D eigenvalue weighted by atomic mass is 10.1. The molecule has 0 saturated heterocycles. The Morgan fingerprint density at radius 1 is 1.02 bits per heavy atom. The third-order valence-electron chi connectivity index (χ3n) is 6.10. The Bertz CT molecular complexity index is 1390. The lowest BCUT2D eigenvalue weighted by Crippen LogP contribution is -2.46. The first-order valence-electron chi connectivity index (χ1n) is 13.4. The fourth-order valence-electron chi connectivity index (χ4n) is 3.92. The Hall–Kier alpha value is -3.64. The van der Waals surface area contributed by atoms with E-state index >= 15 is 0 Å². The average molecular weight is 609 g/mol. The number of urea groups is 1. The highest BCUT2D eigenvalue weighted by Crippen LogP contribution is 2.49. The maximum atomic E-state index is 14.0. The molecule has 11 nitrogen and oxygen atoms in total. The molecular weight excluding hydrogens is 573 g/mol. The van der Waals surface area contributed by atoms with Gasteiger partial charge in [-0.25, -0.2) is 27.9 Å². The molecule has 0 aliphatic rings. The minimum Gasteiger partial charge on any atom is -0.447 e. The summed E-state index contributed by atoms with van der Waals surface area (Å²) in [6.07, 6.45) is 1.39. The first kappa shape index (κ1) is 32.9. The Labute approximate surface area is 243 Å². The smallest absolute Gasteiger partial charge is 0.447 e. The molecular formula is C28H35F2N4O7P. The Kier molecular flexibility index (Phi) is 12.6. The van der Waals surface area contributed by atoms with Gasteiger partial charge in [0.1, 0.15) is 12.4 Å². The van der Waals surface area contributed by atoms with Crippen LogP contribution in [0.25, 0.3) is 10.8 Å². The fraction of sp³-hybridized carbons (Fsp3) is 0.393. The maximum absolute atomic E-state index is 14.0. The largest absolute Gasteiger partial charge is 0.474 e. The number of likely N-dealkylation sites (N-methyl/N-ethyl adjacent to an activating group) is 1. The lowest BCUT2D eigenvalue weighted by Gasteiger charge is -2.28. The van der Waals surface area contributed by atoms with Crippen molar-refractivity contribution in [1.82, 2.24) is 15.2 Å². The Morgan fingerprint density at radius 3 is 2.45 bits per heavy atom. The van der Waals surface area contributed by atoms with Crippen LogP contribution in [0.5, 0.6) is 0 Å². The number of hydrogen-bond donors (Lipinski definition) is 2. The predicted octanol–water partition coefficient (Wildman–Crippen LogP) is 6.25. The molecule has 0 aliphatic carbocycles. The van der Waals surface area contributed by atoms with Gasteiger partial charge < -0.3 is 15.0 Å².